The molecule has 1 unspecified atom stereocenters. The molecule has 2 atom stereocenters. The number of carboxylic acid groups (broad SMARTS) is 1. The summed E-state index contributed by atoms with van der Waals surface area (Å²) in [6, 6.07) is -0.781. The molecule has 5 nitrogen and oxygen atoms in total. The van der Waals surface area contributed by atoms with Gasteiger partial charge in [-0.25, -0.2) is 4.79 Å². The first-order valence-electron chi connectivity index (χ1n) is 5.80. The standard InChI is InChI=1S/C11H19NO4/c1-2-3-5-8(11(14)15)12-10(13)9-6-4-7-16-9/h8-9H,2-7H2,1H3,(H,12,13)(H,14,15)/t8?,9-/m1/s1. The molecule has 92 valence electrons. The van der Waals surface area contributed by atoms with E-state index in [0.29, 0.717) is 19.4 Å². The Morgan fingerprint density at radius 2 is 2.31 bits per heavy atom. The third-order valence-electron chi connectivity index (χ3n) is 2.68. The highest BCUT2D eigenvalue weighted by atomic mass is 16.5. The molecule has 1 amide bonds. The zero-order valence-electron chi connectivity index (χ0n) is 9.57. The average Bonchev–Trinajstić information content (AvgIpc) is 2.76. The van der Waals surface area contributed by atoms with Crippen molar-refractivity contribution in [2.45, 2.75) is 51.2 Å². The van der Waals surface area contributed by atoms with Crippen molar-refractivity contribution in [1.82, 2.24) is 5.32 Å². The summed E-state index contributed by atoms with van der Waals surface area (Å²) >= 11 is 0. The average molecular weight is 229 g/mol. The number of unbranched alkanes of at least 4 members (excludes halogenated alkanes) is 1. The minimum atomic E-state index is -0.972. The Hall–Kier alpha value is -1.10. The van der Waals surface area contributed by atoms with E-state index in [9.17, 15) is 9.59 Å². The summed E-state index contributed by atoms with van der Waals surface area (Å²) in [6.07, 6.45) is 3.28. The van der Waals surface area contributed by atoms with Crippen molar-refractivity contribution in [3.8, 4) is 0 Å². The Balaban J connectivity index is 2.40. The topological polar surface area (TPSA) is 75.6 Å². The molecule has 0 radical (unpaired) electrons. The van der Waals surface area contributed by atoms with Gasteiger partial charge in [-0.1, -0.05) is 19.8 Å². The van der Waals surface area contributed by atoms with E-state index in [1.54, 1.807) is 0 Å². The van der Waals surface area contributed by atoms with Crippen molar-refractivity contribution in [3.05, 3.63) is 0 Å². The normalized spacial score (nSPS) is 21.7. The van der Waals surface area contributed by atoms with Gasteiger partial charge in [0.2, 0.25) is 5.91 Å². The molecule has 0 saturated carbocycles. The number of ether oxygens (including phenoxy) is 1. The van der Waals surface area contributed by atoms with Gasteiger partial charge in [0.25, 0.3) is 0 Å². The van der Waals surface area contributed by atoms with Crippen LogP contribution in [0.1, 0.15) is 39.0 Å². The number of carbonyl (C=O) groups excluding carboxylic acids is 1. The van der Waals surface area contributed by atoms with Gasteiger partial charge < -0.3 is 15.2 Å². The Morgan fingerprint density at radius 1 is 1.56 bits per heavy atom. The van der Waals surface area contributed by atoms with Gasteiger partial charge >= 0.3 is 5.97 Å². The molecule has 1 aliphatic heterocycles. The number of aliphatic carboxylic acids is 1. The number of carbonyl (C=O) groups is 2. The van der Waals surface area contributed by atoms with E-state index in [1.165, 1.54) is 0 Å². The number of carboxylic acids is 1. The summed E-state index contributed by atoms with van der Waals surface area (Å²) in [5.74, 6) is -1.26. The van der Waals surface area contributed by atoms with Gasteiger partial charge in [0.15, 0.2) is 0 Å². The summed E-state index contributed by atoms with van der Waals surface area (Å²) in [5, 5.41) is 11.5. The molecule has 1 aliphatic rings. The molecule has 2 N–H and O–H groups in total. The number of hydrogen-bond acceptors (Lipinski definition) is 3. The summed E-state index contributed by atoms with van der Waals surface area (Å²) in [7, 11) is 0. The van der Waals surface area contributed by atoms with Gasteiger partial charge in [0, 0.05) is 6.61 Å². The van der Waals surface area contributed by atoms with Crippen LogP contribution >= 0.6 is 0 Å². The Morgan fingerprint density at radius 3 is 2.81 bits per heavy atom. The first kappa shape index (κ1) is 13.0. The van der Waals surface area contributed by atoms with E-state index < -0.39 is 18.1 Å². The van der Waals surface area contributed by atoms with Crippen LogP contribution in [0.2, 0.25) is 0 Å². The van der Waals surface area contributed by atoms with Crippen molar-refractivity contribution < 1.29 is 19.4 Å². The first-order chi connectivity index (χ1) is 7.65. The minimum absolute atomic E-state index is 0.291. The molecule has 1 saturated heterocycles. The van der Waals surface area contributed by atoms with Gasteiger partial charge in [0.05, 0.1) is 0 Å². The second kappa shape index (κ2) is 6.48. The van der Waals surface area contributed by atoms with Gasteiger partial charge in [-0.2, -0.15) is 0 Å². The predicted octanol–water partition coefficient (Wildman–Crippen LogP) is 0.925. The molecule has 1 heterocycles. The van der Waals surface area contributed by atoms with Crippen LogP contribution in [0.3, 0.4) is 0 Å². The van der Waals surface area contributed by atoms with E-state index in [0.717, 1.165) is 19.3 Å². The molecule has 0 spiro atoms. The smallest absolute Gasteiger partial charge is 0.326 e. The third kappa shape index (κ3) is 3.81. The molecule has 0 bridgehead atoms. The van der Waals surface area contributed by atoms with Crippen molar-refractivity contribution in [2.75, 3.05) is 6.61 Å². The van der Waals surface area contributed by atoms with Crippen molar-refractivity contribution in [2.24, 2.45) is 0 Å². The number of hydrogen-bond donors (Lipinski definition) is 2. The second-order valence-electron chi connectivity index (χ2n) is 4.04. The number of amides is 1. The van der Waals surface area contributed by atoms with Crippen LogP contribution in [-0.2, 0) is 14.3 Å². The van der Waals surface area contributed by atoms with Crippen LogP contribution in [0, 0.1) is 0 Å². The summed E-state index contributed by atoms with van der Waals surface area (Å²) in [4.78, 5) is 22.5. The van der Waals surface area contributed by atoms with E-state index >= 15 is 0 Å². The second-order valence-corrected chi connectivity index (χ2v) is 4.04. The van der Waals surface area contributed by atoms with Crippen LogP contribution in [-0.4, -0.2) is 35.7 Å². The maximum Gasteiger partial charge on any atom is 0.326 e. The van der Waals surface area contributed by atoms with Gasteiger partial charge in [-0.05, 0) is 19.3 Å². The lowest BCUT2D eigenvalue weighted by Gasteiger charge is -2.16. The quantitative estimate of drug-likeness (QED) is 0.710. The lowest BCUT2D eigenvalue weighted by Crippen LogP contribution is -2.45. The highest BCUT2D eigenvalue weighted by Crippen LogP contribution is 2.12. The van der Waals surface area contributed by atoms with Gasteiger partial charge in [-0.3, -0.25) is 4.79 Å². The largest absolute Gasteiger partial charge is 0.480 e. The Labute approximate surface area is 95.2 Å². The molecule has 0 aromatic heterocycles. The fraction of sp³-hybridized carbons (Fsp3) is 0.818. The van der Waals surface area contributed by atoms with Crippen LogP contribution in [0.15, 0.2) is 0 Å². The molecule has 1 rings (SSSR count). The Kier molecular flexibility index (Phi) is 5.25. The fourth-order valence-electron chi connectivity index (χ4n) is 1.71. The van der Waals surface area contributed by atoms with Gasteiger partial charge in [0.1, 0.15) is 12.1 Å². The van der Waals surface area contributed by atoms with E-state index in [1.807, 2.05) is 6.92 Å². The monoisotopic (exact) mass is 229 g/mol. The lowest BCUT2D eigenvalue weighted by atomic mass is 10.1. The fourth-order valence-corrected chi connectivity index (χ4v) is 1.71. The zero-order chi connectivity index (χ0) is 12.0. The maximum atomic E-state index is 11.6. The molecule has 5 heteroatoms. The minimum Gasteiger partial charge on any atom is -0.480 e. The van der Waals surface area contributed by atoms with Crippen LogP contribution < -0.4 is 5.32 Å². The number of rotatable bonds is 6. The molecule has 1 fully saturated rings. The summed E-state index contributed by atoms with van der Waals surface area (Å²) < 4.78 is 5.19. The molecule has 16 heavy (non-hydrogen) atoms. The van der Waals surface area contributed by atoms with Crippen LogP contribution in [0.4, 0.5) is 0 Å². The molecular weight excluding hydrogens is 210 g/mol. The van der Waals surface area contributed by atoms with Crippen molar-refractivity contribution >= 4 is 11.9 Å². The Bertz CT molecular complexity index is 248. The van der Waals surface area contributed by atoms with Crippen LogP contribution in [0.25, 0.3) is 0 Å². The van der Waals surface area contributed by atoms with E-state index in [-0.39, 0.29) is 5.91 Å². The number of nitrogens with one attached hydrogen (secondary N) is 1. The SMILES string of the molecule is CCCCC(NC(=O)[C@H]1CCCO1)C(=O)O. The molecule has 0 aromatic rings. The highest BCUT2D eigenvalue weighted by molar-refractivity contribution is 5.86. The van der Waals surface area contributed by atoms with Gasteiger partial charge in [-0.15, -0.1) is 0 Å². The van der Waals surface area contributed by atoms with E-state index in [4.69, 9.17) is 9.84 Å². The van der Waals surface area contributed by atoms with Crippen molar-refractivity contribution in [3.63, 3.8) is 0 Å². The molecular formula is C11H19NO4. The third-order valence-corrected chi connectivity index (χ3v) is 2.68. The molecule has 0 aromatic carbocycles. The van der Waals surface area contributed by atoms with E-state index in [2.05, 4.69) is 5.32 Å². The van der Waals surface area contributed by atoms with Crippen molar-refractivity contribution in [1.29, 1.82) is 0 Å². The zero-order valence-corrected chi connectivity index (χ0v) is 9.57. The highest BCUT2D eigenvalue weighted by Gasteiger charge is 2.27. The molecule has 0 aliphatic carbocycles. The lowest BCUT2D eigenvalue weighted by molar-refractivity contribution is -0.143. The summed E-state index contributed by atoms with van der Waals surface area (Å²) in [6.45, 7) is 2.57. The van der Waals surface area contributed by atoms with Crippen LogP contribution in [0.5, 0.6) is 0 Å². The predicted molar refractivity (Wildman–Crippen MR) is 58.1 cm³/mol. The maximum absolute atomic E-state index is 11.6. The first-order valence-corrected chi connectivity index (χ1v) is 5.80. The summed E-state index contributed by atoms with van der Waals surface area (Å²) in [5.41, 5.74) is 0.